The van der Waals surface area contributed by atoms with Gasteiger partial charge in [-0.1, -0.05) is 6.07 Å². The fraction of sp³-hybridized carbons (Fsp3) is 0.176. The molecular formula is C17H17N3O5. The number of nitro benzene ring substituents is 1. The number of rotatable bonds is 5. The summed E-state index contributed by atoms with van der Waals surface area (Å²) in [6, 6.07) is 11.6. The van der Waals surface area contributed by atoms with Crippen LogP contribution in [-0.4, -0.2) is 22.8 Å². The molecular weight excluding hydrogens is 326 g/mol. The van der Waals surface area contributed by atoms with Gasteiger partial charge in [0.1, 0.15) is 5.75 Å². The largest absolute Gasteiger partial charge is 0.491 e. The van der Waals surface area contributed by atoms with Gasteiger partial charge in [0.2, 0.25) is 0 Å². The molecule has 0 fully saturated rings. The Morgan fingerprint density at radius 3 is 2.16 bits per heavy atom. The van der Waals surface area contributed by atoms with Crippen LogP contribution in [0.5, 0.6) is 5.75 Å². The van der Waals surface area contributed by atoms with E-state index in [-0.39, 0.29) is 17.4 Å². The molecule has 25 heavy (non-hydrogen) atoms. The lowest BCUT2D eigenvalue weighted by atomic mass is 10.2. The van der Waals surface area contributed by atoms with E-state index >= 15 is 0 Å². The van der Waals surface area contributed by atoms with Gasteiger partial charge in [0, 0.05) is 23.3 Å². The molecule has 0 aliphatic rings. The van der Waals surface area contributed by atoms with Crippen molar-refractivity contribution in [1.29, 1.82) is 0 Å². The van der Waals surface area contributed by atoms with Crippen LogP contribution in [-0.2, 0) is 0 Å². The summed E-state index contributed by atoms with van der Waals surface area (Å²) in [6.45, 7) is 3.74. The topological polar surface area (TPSA) is 111 Å². The van der Waals surface area contributed by atoms with Crippen LogP contribution >= 0.6 is 0 Å². The van der Waals surface area contributed by atoms with Gasteiger partial charge in [0.05, 0.1) is 11.0 Å². The Morgan fingerprint density at radius 2 is 1.60 bits per heavy atom. The zero-order valence-electron chi connectivity index (χ0n) is 13.7. The predicted molar refractivity (Wildman–Crippen MR) is 90.2 cm³/mol. The maximum absolute atomic E-state index is 12.1. The molecule has 8 heteroatoms. The second-order valence-corrected chi connectivity index (χ2v) is 5.41. The van der Waals surface area contributed by atoms with E-state index < -0.39 is 16.7 Å². The average molecular weight is 343 g/mol. The number of hydrazine groups is 1. The number of non-ortho nitro benzene ring substituents is 1. The highest BCUT2D eigenvalue weighted by Gasteiger charge is 2.12. The molecule has 0 aliphatic carbocycles. The van der Waals surface area contributed by atoms with Crippen molar-refractivity contribution in [2.24, 2.45) is 0 Å². The van der Waals surface area contributed by atoms with Gasteiger partial charge in [-0.3, -0.25) is 30.6 Å². The average Bonchev–Trinajstić information content (AvgIpc) is 2.59. The fourth-order valence-electron chi connectivity index (χ4n) is 1.98. The number of carbonyl (C=O) groups is 2. The van der Waals surface area contributed by atoms with Gasteiger partial charge in [0.25, 0.3) is 17.5 Å². The molecule has 130 valence electrons. The number of benzene rings is 2. The van der Waals surface area contributed by atoms with E-state index in [2.05, 4.69) is 10.9 Å². The summed E-state index contributed by atoms with van der Waals surface area (Å²) in [4.78, 5) is 34.1. The van der Waals surface area contributed by atoms with Gasteiger partial charge in [-0.25, -0.2) is 0 Å². The van der Waals surface area contributed by atoms with Crippen LogP contribution in [0.25, 0.3) is 0 Å². The lowest BCUT2D eigenvalue weighted by molar-refractivity contribution is -0.384. The number of nitro groups is 1. The van der Waals surface area contributed by atoms with Crippen LogP contribution in [0.2, 0.25) is 0 Å². The maximum Gasteiger partial charge on any atom is 0.269 e. The molecule has 0 saturated carbocycles. The van der Waals surface area contributed by atoms with E-state index in [0.717, 1.165) is 0 Å². The van der Waals surface area contributed by atoms with E-state index in [1.165, 1.54) is 24.3 Å². The quantitative estimate of drug-likeness (QED) is 0.640. The first-order valence-electron chi connectivity index (χ1n) is 7.48. The second kappa shape index (κ2) is 7.91. The summed E-state index contributed by atoms with van der Waals surface area (Å²) in [5, 5.41) is 10.6. The number of nitrogens with one attached hydrogen (secondary N) is 2. The van der Waals surface area contributed by atoms with Crippen LogP contribution in [0.3, 0.4) is 0 Å². The molecule has 2 amide bonds. The van der Waals surface area contributed by atoms with Gasteiger partial charge in [-0.05, 0) is 44.2 Å². The Labute approximate surface area is 143 Å². The fourth-order valence-corrected chi connectivity index (χ4v) is 1.98. The highest BCUT2D eigenvalue weighted by Crippen LogP contribution is 2.15. The first-order valence-corrected chi connectivity index (χ1v) is 7.48. The van der Waals surface area contributed by atoms with Crippen LogP contribution in [0, 0.1) is 10.1 Å². The smallest absolute Gasteiger partial charge is 0.269 e. The third-order valence-corrected chi connectivity index (χ3v) is 3.10. The van der Waals surface area contributed by atoms with E-state index in [1.807, 2.05) is 13.8 Å². The van der Waals surface area contributed by atoms with Gasteiger partial charge >= 0.3 is 0 Å². The molecule has 8 nitrogen and oxygen atoms in total. The minimum atomic E-state index is -0.585. The van der Waals surface area contributed by atoms with Gasteiger partial charge in [-0.2, -0.15) is 0 Å². The van der Waals surface area contributed by atoms with Crippen molar-refractivity contribution in [3.05, 3.63) is 69.8 Å². The van der Waals surface area contributed by atoms with Crippen molar-refractivity contribution in [3.8, 4) is 5.75 Å². The summed E-state index contributed by atoms with van der Waals surface area (Å²) >= 11 is 0. The number of amides is 2. The number of hydrogen-bond donors (Lipinski definition) is 2. The molecule has 0 aliphatic heterocycles. The summed E-state index contributed by atoms with van der Waals surface area (Å²) in [7, 11) is 0. The zero-order valence-corrected chi connectivity index (χ0v) is 13.7. The molecule has 0 bridgehead atoms. The molecule has 0 radical (unpaired) electrons. The van der Waals surface area contributed by atoms with Crippen LogP contribution < -0.4 is 15.6 Å². The standard InChI is InChI=1S/C17H17N3O5/c1-11(2)25-15-5-3-4-13(10-15)17(22)19-18-16(21)12-6-8-14(9-7-12)20(23)24/h3-11H,1-2H3,(H,18,21)(H,19,22). The second-order valence-electron chi connectivity index (χ2n) is 5.41. The molecule has 2 aromatic rings. The molecule has 0 atom stereocenters. The maximum atomic E-state index is 12.1. The van der Waals surface area contributed by atoms with Crippen LogP contribution in [0.15, 0.2) is 48.5 Å². The first kappa shape index (κ1) is 17.9. The number of hydrogen-bond acceptors (Lipinski definition) is 5. The number of ether oxygens (including phenoxy) is 1. The molecule has 2 N–H and O–H groups in total. The molecule has 0 heterocycles. The Hall–Kier alpha value is -3.42. The SMILES string of the molecule is CC(C)Oc1cccc(C(=O)NNC(=O)c2ccc([N+](=O)[O-])cc2)c1. The van der Waals surface area contributed by atoms with E-state index in [0.29, 0.717) is 11.3 Å². The van der Waals surface area contributed by atoms with Crippen LogP contribution in [0.4, 0.5) is 5.69 Å². The van der Waals surface area contributed by atoms with Gasteiger partial charge < -0.3 is 4.74 Å². The van der Waals surface area contributed by atoms with Crippen LogP contribution in [0.1, 0.15) is 34.6 Å². The molecule has 0 unspecified atom stereocenters. The number of carbonyl (C=O) groups excluding carboxylic acids is 2. The Kier molecular flexibility index (Phi) is 5.67. The third kappa shape index (κ3) is 5.03. The third-order valence-electron chi connectivity index (χ3n) is 3.10. The zero-order chi connectivity index (χ0) is 18.4. The summed E-state index contributed by atoms with van der Waals surface area (Å²) in [5.74, 6) is -0.549. The highest BCUT2D eigenvalue weighted by atomic mass is 16.6. The van der Waals surface area contributed by atoms with E-state index in [1.54, 1.807) is 24.3 Å². The monoisotopic (exact) mass is 343 g/mol. The van der Waals surface area contributed by atoms with Crippen molar-refractivity contribution in [2.45, 2.75) is 20.0 Å². The molecule has 0 aromatic heterocycles. The highest BCUT2D eigenvalue weighted by molar-refractivity contribution is 5.99. The summed E-state index contributed by atoms with van der Waals surface area (Å²) in [6.07, 6.45) is -0.0276. The lowest BCUT2D eigenvalue weighted by Crippen LogP contribution is -2.41. The lowest BCUT2D eigenvalue weighted by Gasteiger charge is -2.11. The molecule has 2 aromatic carbocycles. The summed E-state index contributed by atoms with van der Waals surface area (Å²) in [5.41, 5.74) is 4.93. The molecule has 0 spiro atoms. The Morgan fingerprint density at radius 1 is 1.00 bits per heavy atom. The van der Waals surface area contributed by atoms with Gasteiger partial charge in [0.15, 0.2) is 0 Å². The number of nitrogens with zero attached hydrogens (tertiary/aromatic N) is 1. The normalized spacial score (nSPS) is 10.2. The minimum Gasteiger partial charge on any atom is -0.491 e. The Bertz CT molecular complexity index is 787. The van der Waals surface area contributed by atoms with Crippen molar-refractivity contribution in [1.82, 2.24) is 10.9 Å². The molecule has 0 saturated heterocycles. The van der Waals surface area contributed by atoms with E-state index in [9.17, 15) is 19.7 Å². The minimum absolute atomic E-state index is 0.0276. The van der Waals surface area contributed by atoms with Crippen molar-refractivity contribution < 1.29 is 19.2 Å². The van der Waals surface area contributed by atoms with Crippen molar-refractivity contribution in [3.63, 3.8) is 0 Å². The summed E-state index contributed by atoms with van der Waals surface area (Å²) < 4.78 is 5.51. The first-order chi connectivity index (χ1) is 11.9. The van der Waals surface area contributed by atoms with Crippen molar-refractivity contribution >= 4 is 17.5 Å². The molecule has 2 rings (SSSR count). The predicted octanol–water partition coefficient (Wildman–Crippen LogP) is 2.46. The van der Waals surface area contributed by atoms with Gasteiger partial charge in [-0.15, -0.1) is 0 Å². The van der Waals surface area contributed by atoms with E-state index in [4.69, 9.17) is 4.74 Å². The Balaban J connectivity index is 1.97. The van der Waals surface area contributed by atoms with Crippen molar-refractivity contribution in [2.75, 3.05) is 0 Å².